The predicted molar refractivity (Wildman–Crippen MR) is 51.7 cm³/mol. The molecule has 1 aromatic heterocycles. The van der Waals surface area contributed by atoms with Crippen molar-refractivity contribution in [1.82, 2.24) is 4.98 Å². The minimum Gasteiger partial charge on any atom is -0.478 e. The Balaban J connectivity index is 0.000000557. The van der Waals surface area contributed by atoms with Gasteiger partial charge in [-0.1, -0.05) is 0 Å². The van der Waals surface area contributed by atoms with Crippen LogP contribution >= 0.6 is 0 Å². The fraction of sp³-hybridized carbons (Fsp3) is 0.125. The number of aromatic nitrogens is 1. The molecule has 92 valence electrons. The third-order valence-electron chi connectivity index (χ3n) is 1.46. The molecule has 0 atom stereocenters. The van der Waals surface area contributed by atoms with Crippen LogP contribution in [0.4, 0.5) is 0 Å². The molecule has 1 aromatic rings. The van der Waals surface area contributed by atoms with Crippen LogP contribution in [0.3, 0.4) is 0 Å². The highest BCUT2D eigenvalue weighted by atomic mass is 16.9. The third kappa shape index (κ3) is 5.06. The molecule has 0 bridgehead atoms. The Morgan fingerprint density at radius 2 is 1.82 bits per heavy atom. The van der Waals surface area contributed by atoms with E-state index in [1.54, 1.807) is 6.92 Å². The molecule has 17 heavy (non-hydrogen) atoms. The van der Waals surface area contributed by atoms with Crippen molar-refractivity contribution in [2.75, 3.05) is 0 Å². The molecule has 0 unspecified atom stereocenters. The van der Waals surface area contributed by atoms with E-state index in [0.29, 0.717) is 5.56 Å². The molecule has 0 saturated heterocycles. The Hall–Kier alpha value is -2.71. The highest BCUT2D eigenvalue weighted by Gasteiger charge is 2.16. The highest BCUT2D eigenvalue weighted by Crippen LogP contribution is 2.08. The first-order chi connectivity index (χ1) is 7.75. The summed E-state index contributed by atoms with van der Waals surface area (Å²) < 4.78 is 0. The van der Waals surface area contributed by atoms with Gasteiger partial charge in [0.1, 0.15) is 0 Å². The summed E-state index contributed by atoms with van der Waals surface area (Å²) in [6, 6.07) is 1.28. The summed E-state index contributed by atoms with van der Waals surface area (Å²) in [4.78, 5) is 33.0. The van der Waals surface area contributed by atoms with Crippen LogP contribution in [0.5, 0.6) is 0 Å². The molecule has 0 amide bonds. The van der Waals surface area contributed by atoms with E-state index in [0.717, 1.165) is 0 Å². The quantitative estimate of drug-likeness (QED) is 0.500. The SMILES string of the molecule is Cc1cnc(C(=O)O)c(C(=O)O)c1.O=[N+]([O-])O. The summed E-state index contributed by atoms with van der Waals surface area (Å²) in [6.07, 6.45) is 1.32. The second-order valence-corrected chi connectivity index (χ2v) is 2.76. The first-order valence-corrected chi connectivity index (χ1v) is 4.02. The smallest absolute Gasteiger partial charge is 0.355 e. The lowest BCUT2D eigenvalue weighted by Gasteiger charge is -2.00. The summed E-state index contributed by atoms with van der Waals surface area (Å²) in [6.45, 7) is 1.64. The van der Waals surface area contributed by atoms with Gasteiger partial charge in [-0.3, -0.25) is 0 Å². The Labute approximate surface area is 94.1 Å². The van der Waals surface area contributed by atoms with Gasteiger partial charge in [0.05, 0.1) is 5.56 Å². The van der Waals surface area contributed by atoms with Crippen molar-refractivity contribution in [2.24, 2.45) is 0 Å². The number of carbonyl (C=O) groups is 2. The molecule has 0 spiro atoms. The number of nitrogens with zero attached hydrogens (tertiary/aromatic N) is 2. The maximum Gasteiger partial charge on any atom is 0.355 e. The van der Waals surface area contributed by atoms with Crippen molar-refractivity contribution >= 4 is 11.9 Å². The van der Waals surface area contributed by atoms with Gasteiger partial charge in [-0.05, 0) is 18.6 Å². The molecule has 0 radical (unpaired) electrons. The van der Waals surface area contributed by atoms with Crippen LogP contribution in [0.15, 0.2) is 12.3 Å². The number of aryl methyl sites for hydroxylation is 1. The molecule has 9 heteroatoms. The molecule has 9 nitrogen and oxygen atoms in total. The Morgan fingerprint density at radius 1 is 1.35 bits per heavy atom. The van der Waals surface area contributed by atoms with Gasteiger partial charge in [-0.15, -0.1) is 10.1 Å². The van der Waals surface area contributed by atoms with Crippen LogP contribution in [-0.2, 0) is 0 Å². The molecule has 0 aliphatic rings. The van der Waals surface area contributed by atoms with Gasteiger partial charge in [-0.25, -0.2) is 14.6 Å². The van der Waals surface area contributed by atoms with Crippen molar-refractivity contribution in [1.29, 1.82) is 0 Å². The van der Waals surface area contributed by atoms with E-state index >= 15 is 0 Å². The van der Waals surface area contributed by atoms with Gasteiger partial charge in [0.2, 0.25) is 0 Å². The topological polar surface area (TPSA) is 151 Å². The predicted octanol–water partition coefficient (Wildman–Crippen LogP) is 0.439. The third-order valence-corrected chi connectivity index (χ3v) is 1.46. The lowest BCUT2D eigenvalue weighted by Crippen LogP contribution is -2.10. The summed E-state index contributed by atoms with van der Waals surface area (Å²) >= 11 is 0. The number of carboxylic acids is 2. The maximum absolute atomic E-state index is 10.6. The molecular weight excluding hydrogens is 236 g/mol. The van der Waals surface area contributed by atoms with Gasteiger partial charge in [0, 0.05) is 6.20 Å². The molecule has 0 aromatic carbocycles. The van der Waals surface area contributed by atoms with Crippen molar-refractivity contribution in [3.05, 3.63) is 39.2 Å². The zero-order valence-electron chi connectivity index (χ0n) is 8.52. The van der Waals surface area contributed by atoms with E-state index in [4.69, 9.17) is 25.5 Å². The van der Waals surface area contributed by atoms with Gasteiger partial charge in [0.25, 0.3) is 5.09 Å². The highest BCUT2D eigenvalue weighted by molar-refractivity contribution is 6.00. The minimum atomic E-state index is -1.50. The number of hydrogen-bond acceptors (Lipinski definition) is 5. The molecular formula is C8H8N2O7. The summed E-state index contributed by atoms with van der Waals surface area (Å²) in [7, 11) is 0. The Kier molecular flexibility index (Phi) is 5.04. The second-order valence-electron chi connectivity index (χ2n) is 2.76. The molecule has 0 aliphatic carbocycles. The van der Waals surface area contributed by atoms with Crippen LogP contribution < -0.4 is 0 Å². The number of hydrogen-bond donors (Lipinski definition) is 3. The molecule has 0 saturated carbocycles. The molecule has 1 heterocycles. The fourth-order valence-corrected chi connectivity index (χ4v) is 0.903. The van der Waals surface area contributed by atoms with Crippen LogP contribution in [0.2, 0.25) is 0 Å². The number of rotatable bonds is 2. The average molecular weight is 244 g/mol. The van der Waals surface area contributed by atoms with Crippen LogP contribution in [0, 0.1) is 17.0 Å². The molecule has 0 aliphatic heterocycles. The van der Waals surface area contributed by atoms with Crippen molar-refractivity contribution in [3.8, 4) is 0 Å². The number of carboxylic acid groups (broad SMARTS) is 2. The summed E-state index contributed by atoms with van der Waals surface area (Å²) in [5.41, 5.74) is -0.104. The van der Waals surface area contributed by atoms with E-state index < -0.39 is 22.7 Å². The number of aromatic carboxylic acids is 2. The Bertz CT molecular complexity index is 453. The van der Waals surface area contributed by atoms with Crippen LogP contribution in [0.1, 0.15) is 26.4 Å². The molecule has 0 fully saturated rings. The van der Waals surface area contributed by atoms with E-state index in [1.807, 2.05) is 0 Å². The number of pyridine rings is 1. The van der Waals surface area contributed by atoms with Gasteiger partial charge in [0.15, 0.2) is 5.69 Å². The lowest BCUT2D eigenvalue weighted by molar-refractivity contribution is -0.742. The van der Waals surface area contributed by atoms with Crippen LogP contribution in [0.25, 0.3) is 0 Å². The zero-order valence-corrected chi connectivity index (χ0v) is 8.52. The van der Waals surface area contributed by atoms with Crippen LogP contribution in [-0.4, -0.2) is 37.4 Å². The first kappa shape index (κ1) is 14.3. The Morgan fingerprint density at radius 3 is 2.18 bits per heavy atom. The molecule has 1 rings (SSSR count). The maximum atomic E-state index is 10.6. The lowest BCUT2D eigenvalue weighted by atomic mass is 10.1. The van der Waals surface area contributed by atoms with Crippen molar-refractivity contribution in [3.63, 3.8) is 0 Å². The largest absolute Gasteiger partial charge is 0.478 e. The van der Waals surface area contributed by atoms with Gasteiger partial charge >= 0.3 is 11.9 Å². The van der Waals surface area contributed by atoms with Crippen molar-refractivity contribution in [2.45, 2.75) is 6.92 Å². The monoisotopic (exact) mass is 244 g/mol. The normalized spacial score (nSPS) is 8.76. The minimum absolute atomic E-state index is 0.285. The van der Waals surface area contributed by atoms with Crippen molar-refractivity contribution < 1.29 is 30.1 Å². The average Bonchev–Trinajstić information content (AvgIpc) is 2.15. The first-order valence-electron chi connectivity index (χ1n) is 4.02. The second kappa shape index (κ2) is 6.00. The fourth-order valence-electron chi connectivity index (χ4n) is 0.903. The van der Waals surface area contributed by atoms with Gasteiger partial charge < -0.3 is 15.4 Å². The van der Waals surface area contributed by atoms with E-state index in [9.17, 15) is 9.59 Å². The van der Waals surface area contributed by atoms with E-state index in [1.165, 1.54) is 12.3 Å². The van der Waals surface area contributed by atoms with E-state index in [2.05, 4.69) is 4.98 Å². The summed E-state index contributed by atoms with van der Waals surface area (Å²) in [5, 5.41) is 30.9. The van der Waals surface area contributed by atoms with Gasteiger partial charge in [-0.2, -0.15) is 0 Å². The zero-order chi connectivity index (χ0) is 13.6. The standard InChI is InChI=1S/C8H7NO4.HNO3/c1-4-2-5(7(10)11)6(8(12)13)9-3-4;2-1(3)4/h2-3H,1H3,(H,10,11)(H,12,13);(H,2,3,4). The van der Waals surface area contributed by atoms with E-state index in [-0.39, 0.29) is 5.56 Å². The summed E-state index contributed by atoms with van der Waals surface area (Å²) in [5.74, 6) is -2.62. The molecule has 3 N–H and O–H groups in total.